The van der Waals surface area contributed by atoms with Gasteiger partial charge in [-0.05, 0) is 55.8 Å². The van der Waals surface area contributed by atoms with Crippen molar-refractivity contribution in [2.45, 2.75) is 20.4 Å². The van der Waals surface area contributed by atoms with Gasteiger partial charge in [-0.2, -0.15) is 5.26 Å². The van der Waals surface area contributed by atoms with Crippen molar-refractivity contribution in [2.75, 3.05) is 0 Å². The van der Waals surface area contributed by atoms with Crippen LogP contribution in [0, 0.1) is 18.3 Å². The van der Waals surface area contributed by atoms with E-state index in [0.717, 1.165) is 33.4 Å². The van der Waals surface area contributed by atoms with Gasteiger partial charge >= 0.3 is 0 Å². The third kappa shape index (κ3) is 2.34. The van der Waals surface area contributed by atoms with Crippen LogP contribution < -0.4 is 0 Å². The van der Waals surface area contributed by atoms with E-state index in [1.54, 1.807) is 0 Å². The van der Waals surface area contributed by atoms with Crippen molar-refractivity contribution in [1.82, 2.24) is 9.55 Å². The molecule has 0 atom stereocenters. The molecule has 3 rings (SSSR count). The average molecular weight is 340 g/mol. The number of aromatic nitrogens is 2. The van der Waals surface area contributed by atoms with E-state index in [4.69, 9.17) is 10.2 Å². The Kier molecular flexibility index (Phi) is 3.52. The molecule has 3 nitrogen and oxygen atoms in total. The summed E-state index contributed by atoms with van der Waals surface area (Å²) in [5.74, 6) is 0.951. The minimum atomic E-state index is 0.641. The van der Waals surface area contributed by atoms with Crippen molar-refractivity contribution in [1.29, 1.82) is 5.26 Å². The Labute approximate surface area is 132 Å². The molecule has 0 radical (unpaired) electrons. The number of nitriles is 1. The number of aryl methyl sites for hydroxylation is 2. The normalized spacial score (nSPS) is 10.8. The second-order valence-electron chi connectivity index (χ2n) is 4.95. The maximum atomic E-state index is 9.03. The number of halogens is 1. The minimum absolute atomic E-state index is 0.641. The molecule has 4 heteroatoms. The van der Waals surface area contributed by atoms with Crippen LogP contribution in [-0.4, -0.2) is 9.55 Å². The van der Waals surface area contributed by atoms with Crippen LogP contribution in [0.15, 0.2) is 40.9 Å². The van der Waals surface area contributed by atoms with E-state index in [1.165, 1.54) is 5.56 Å². The van der Waals surface area contributed by atoms with Crippen molar-refractivity contribution >= 4 is 27.0 Å². The molecule has 0 amide bonds. The molecule has 1 aromatic heterocycles. The predicted octanol–water partition coefficient (Wildman–Crippen LogP) is 4.67. The van der Waals surface area contributed by atoms with E-state index >= 15 is 0 Å². The molecule has 1 heterocycles. The molecule has 0 bridgehead atoms. The van der Waals surface area contributed by atoms with Crippen molar-refractivity contribution < 1.29 is 0 Å². The highest BCUT2D eigenvalue weighted by molar-refractivity contribution is 9.10. The topological polar surface area (TPSA) is 41.6 Å². The van der Waals surface area contributed by atoms with E-state index in [-0.39, 0.29) is 0 Å². The SMILES string of the molecule is CCn1c(-c2ccc(Br)cc2C)nc2cc(C#N)ccc21. The first-order chi connectivity index (χ1) is 10.1. The van der Waals surface area contributed by atoms with Gasteiger partial charge in [-0.25, -0.2) is 4.98 Å². The molecule has 21 heavy (non-hydrogen) atoms. The second kappa shape index (κ2) is 5.34. The summed E-state index contributed by atoms with van der Waals surface area (Å²) in [6.45, 7) is 5.03. The number of fused-ring (bicyclic) bond motifs is 1. The van der Waals surface area contributed by atoms with E-state index in [0.29, 0.717) is 5.56 Å². The number of benzene rings is 2. The summed E-state index contributed by atoms with van der Waals surface area (Å²) >= 11 is 3.49. The van der Waals surface area contributed by atoms with E-state index in [2.05, 4.69) is 52.5 Å². The van der Waals surface area contributed by atoms with Crippen molar-refractivity contribution in [3.63, 3.8) is 0 Å². The summed E-state index contributed by atoms with van der Waals surface area (Å²) in [5, 5.41) is 9.03. The summed E-state index contributed by atoms with van der Waals surface area (Å²) in [6, 6.07) is 14.0. The summed E-state index contributed by atoms with van der Waals surface area (Å²) in [6.07, 6.45) is 0. The van der Waals surface area contributed by atoms with Gasteiger partial charge in [-0.1, -0.05) is 15.9 Å². The predicted molar refractivity (Wildman–Crippen MR) is 88.0 cm³/mol. The van der Waals surface area contributed by atoms with Gasteiger partial charge in [0.15, 0.2) is 0 Å². The molecule has 0 aliphatic heterocycles. The molecule has 0 saturated heterocycles. The summed E-state index contributed by atoms with van der Waals surface area (Å²) in [4.78, 5) is 4.75. The zero-order valence-corrected chi connectivity index (χ0v) is 13.5. The molecule has 0 aliphatic rings. The number of hydrogen-bond acceptors (Lipinski definition) is 2. The third-order valence-corrected chi connectivity index (χ3v) is 4.12. The Bertz CT molecular complexity index is 872. The zero-order chi connectivity index (χ0) is 15.0. The zero-order valence-electron chi connectivity index (χ0n) is 11.9. The van der Waals surface area contributed by atoms with Gasteiger partial charge in [-0.15, -0.1) is 0 Å². The molecule has 2 aromatic carbocycles. The van der Waals surface area contributed by atoms with Crippen LogP contribution in [0.4, 0.5) is 0 Å². The van der Waals surface area contributed by atoms with Crippen LogP contribution in [0.2, 0.25) is 0 Å². The number of imidazole rings is 1. The summed E-state index contributed by atoms with van der Waals surface area (Å²) in [7, 11) is 0. The first-order valence-electron chi connectivity index (χ1n) is 6.81. The third-order valence-electron chi connectivity index (χ3n) is 3.62. The van der Waals surface area contributed by atoms with Gasteiger partial charge in [0.2, 0.25) is 0 Å². The number of hydrogen-bond donors (Lipinski definition) is 0. The van der Waals surface area contributed by atoms with Gasteiger partial charge in [-0.3, -0.25) is 0 Å². The van der Waals surface area contributed by atoms with Gasteiger partial charge in [0.1, 0.15) is 5.82 Å². The molecule has 0 fully saturated rings. The lowest BCUT2D eigenvalue weighted by Gasteiger charge is -2.09. The summed E-state index contributed by atoms with van der Waals surface area (Å²) in [5.41, 5.74) is 4.87. The molecule has 0 N–H and O–H groups in total. The summed E-state index contributed by atoms with van der Waals surface area (Å²) < 4.78 is 3.25. The monoisotopic (exact) mass is 339 g/mol. The van der Waals surface area contributed by atoms with E-state index in [9.17, 15) is 0 Å². The average Bonchev–Trinajstić information content (AvgIpc) is 2.84. The Morgan fingerprint density at radius 3 is 2.71 bits per heavy atom. The highest BCUT2D eigenvalue weighted by Gasteiger charge is 2.13. The molecule has 0 unspecified atom stereocenters. The van der Waals surface area contributed by atoms with Gasteiger partial charge < -0.3 is 4.57 Å². The van der Waals surface area contributed by atoms with Crippen LogP contribution >= 0.6 is 15.9 Å². The maximum Gasteiger partial charge on any atom is 0.141 e. The van der Waals surface area contributed by atoms with Crippen molar-refractivity contribution in [3.05, 3.63) is 52.0 Å². The molecule has 0 spiro atoms. The number of rotatable bonds is 2. The van der Waals surface area contributed by atoms with Gasteiger partial charge in [0.25, 0.3) is 0 Å². The number of nitrogens with zero attached hydrogens (tertiary/aromatic N) is 3. The van der Waals surface area contributed by atoms with Gasteiger partial charge in [0, 0.05) is 16.6 Å². The van der Waals surface area contributed by atoms with Crippen molar-refractivity contribution in [3.8, 4) is 17.5 Å². The van der Waals surface area contributed by atoms with Crippen LogP contribution in [-0.2, 0) is 6.54 Å². The van der Waals surface area contributed by atoms with E-state index < -0.39 is 0 Å². The van der Waals surface area contributed by atoms with Gasteiger partial charge in [0.05, 0.1) is 22.7 Å². The maximum absolute atomic E-state index is 9.03. The minimum Gasteiger partial charge on any atom is -0.324 e. The fourth-order valence-corrected chi connectivity index (χ4v) is 3.08. The Hall–Kier alpha value is -2.12. The first kappa shape index (κ1) is 13.8. The molecule has 3 aromatic rings. The highest BCUT2D eigenvalue weighted by Crippen LogP contribution is 2.29. The lowest BCUT2D eigenvalue weighted by Crippen LogP contribution is -1.98. The lowest BCUT2D eigenvalue weighted by atomic mass is 10.1. The largest absolute Gasteiger partial charge is 0.324 e. The molecule has 104 valence electrons. The highest BCUT2D eigenvalue weighted by atomic mass is 79.9. The lowest BCUT2D eigenvalue weighted by molar-refractivity contribution is 0.796. The molecular weight excluding hydrogens is 326 g/mol. The molecule has 0 aliphatic carbocycles. The second-order valence-corrected chi connectivity index (χ2v) is 5.87. The Morgan fingerprint density at radius 2 is 2.05 bits per heavy atom. The molecule has 0 saturated carbocycles. The fraction of sp³-hybridized carbons (Fsp3) is 0.176. The van der Waals surface area contributed by atoms with E-state index in [1.807, 2.05) is 24.3 Å². The van der Waals surface area contributed by atoms with Crippen LogP contribution in [0.5, 0.6) is 0 Å². The Balaban J connectivity index is 2.29. The smallest absolute Gasteiger partial charge is 0.141 e. The quantitative estimate of drug-likeness (QED) is 0.680. The van der Waals surface area contributed by atoms with Crippen LogP contribution in [0.25, 0.3) is 22.4 Å². The van der Waals surface area contributed by atoms with Crippen LogP contribution in [0.3, 0.4) is 0 Å². The Morgan fingerprint density at radius 1 is 1.24 bits per heavy atom. The first-order valence-corrected chi connectivity index (χ1v) is 7.60. The fourth-order valence-electron chi connectivity index (χ4n) is 2.60. The molecular formula is C17H14BrN3. The standard InChI is InChI=1S/C17H14BrN3/c1-3-21-16-7-4-12(10-19)9-15(16)20-17(21)14-6-5-13(18)8-11(14)2/h4-9H,3H2,1-2H3. The van der Waals surface area contributed by atoms with Crippen molar-refractivity contribution in [2.24, 2.45) is 0 Å². The van der Waals surface area contributed by atoms with Crippen LogP contribution in [0.1, 0.15) is 18.1 Å².